The molecule has 0 spiro atoms. The number of H-pyrrole nitrogens is 1. The lowest BCUT2D eigenvalue weighted by Gasteiger charge is -2.31. The van der Waals surface area contributed by atoms with Gasteiger partial charge in [0.1, 0.15) is 84.3 Å². The number of carbonyl (C=O) groups excluding carboxylic acids is 13. The van der Waals surface area contributed by atoms with E-state index >= 15 is 4.79 Å². The van der Waals surface area contributed by atoms with Crippen molar-refractivity contribution >= 4 is 150 Å². The first-order valence-electron chi connectivity index (χ1n) is 33.7. The van der Waals surface area contributed by atoms with Crippen LogP contribution in [0.4, 0.5) is 0 Å². The number of phenolic OH excluding ortho intramolecular Hbond substituents is 1. The third kappa shape index (κ3) is 28.9. The van der Waals surface area contributed by atoms with Gasteiger partial charge in [0.25, 0.3) is 0 Å². The lowest BCUT2D eigenvalue weighted by molar-refractivity contribution is -0.143. The van der Waals surface area contributed by atoms with Crippen LogP contribution in [-0.4, -0.2) is 250 Å². The van der Waals surface area contributed by atoms with Gasteiger partial charge in [-0.15, -0.1) is 0 Å². The summed E-state index contributed by atoms with van der Waals surface area (Å²) in [6.45, 7) is 14.1. The van der Waals surface area contributed by atoms with E-state index in [1.54, 1.807) is 13.8 Å². The monoisotopic (exact) mass is 1560 g/mol. The Morgan fingerprint density at radius 1 is 0.676 bits per heavy atom. The second kappa shape index (κ2) is 41.9. The number of aliphatic carboxylic acids is 2. The first-order valence-corrected chi connectivity index (χ1v) is 39.7. The van der Waals surface area contributed by atoms with Gasteiger partial charge in [-0.3, -0.25) is 72.1 Å². The van der Waals surface area contributed by atoms with Gasteiger partial charge in [-0.25, -0.2) is 9.78 Å². The van der Waals surface area contributed by atoms with E-state index in [0.717, 1.165) is 50.1 Å². The van der Waals surface area contributed by atoms with Gasteiger partial charge in [0.2, 0.25) is 76.8 Å². The molecule has 3 aliphatic heterocycles. The number of carboxylic acids is 2. The van der Waals surface area contributed by atoms with E-state index in [4.69, 9.17) is 11.5 Å². The number of hydrogen-bond acceptors (Lipinski definition) is 23. The maximum absolute atomic E-state index is 15.1. The molecule has 2 unspecified atom stereocenters. The maximum Gasteiger partial charge on any atom is 0.327 e. The van der Waals surface area contributed by atoms with Crippen molar-refractivity contribution in [3.8, 4) is 5.75 Å². The van der Waals surface area contributed by atoms with E-state index in [1.165, 1.54) is 74.2 Å². The van der Waals surface area contributed by atoms with Crippen LogP contribution in [0.15, 0.2) is 41.8 Å². The Morgan fingerprint density at radius 3 is 1.80 bits per heavy atom. The molecule has 2 bridgehead atoms. The standard InChI is InChI=1S/C64H96N18O18S5/c1-30(2)48-59(96)72-37(12-10-18-68-63(65)66)51(88)70-32(5)50(87)79-45(62(99)100)28-105-104-27-44(76-52(89)38(71-33(6)83)20-34-14-16-36(84)17-15-34)57(94)81-49(31(3)4)60(97)78-43-26-103-102-25-42(55(92)75-41(56(93)80-48)24-101-64(7,8)9)77-58(95)46-13-11-19-82(46)61(98)40(21-35-23-67-29-69-35)74-53(90)39(22-47(85)86)73-54(43)91/h14-17,23,29-32,37-46,48-49,84H,10-13,18-22,24-28H2,1-9H3,(H,67,69)(H,70,88)(H,71,83)(H,72,96)(H,73,91)(H,74,90)(H,75,92)(H,76,89)(H,77,95)(H,78,97)(H,79,87)(H,80,93)(H,81,94)(H,85,86)(H,99,100)(H4,65,66,68)/t32-,37-,38-,39?,40-,41-,42-,43-,44-,45-,46-,48-,49?/m0/s1. The predicted molar refractivity (Wildman–Crippen MR) is 395 cm³/mol. The zero-order valence-electron chi connectivity index (χ0n) is 59.5. The lowest BCUT2D eigenvalue weighted by Crippen LogP contribution is -2.62. The number of aromatic hydroxyl groups is 1. The summed E-state index contributed by atoms with van der Waals surface area (Å²) in [5.41, 5.74) is 11.9. The molecule has 4 heterocycles. The Bertz CT molecular complexity index is 3460. The van der Waals surface area contributed by atoms with Crippen molar-refractivity contribution in [3.05, 3.63) is 48.0 Å². The molecule has 0 radical (unpaired) electrons. The van der Waals surface area contributed by atoms with Crippen molar-refractivity contribution < 1.29 is 87.2 Å². The Hall–Kier alpha value is -8.70. The summed E-state index contributed by atoms with van der Waals surface area (Å²) in [7, 11) is 3.39. The van der Waals surface area contributed by atoms with Gasteiger partial charge in [0, 0.05) is 78.3 Å². The summed E-state index contributed by atoms with van der Waals surface area (Å²) in [6, 6.07) is -14.5. The number of hydrogen-bond donors (Lipinski definition) is 18. The molecule has 0 saturated carbocycles. The van der Waals surface area contributed by atoms with Gasteiger partial charge < -0.3 is 100 Å². The van der Waals surface area contributed by atoms with Crippen LogP contribution in [-0.2, 0) is 84.8 Å². The number of nitrogens with zero attached hydrogens (tertiary/aromatic N) is 3. The smallest absolute Gasteiger partial charge is 0.327 e. The van der Waals surface area contributed by atoms with Gasteiger partial charge >= 0.3 is 11.9 Å². The predicted octanol–water partition coefficient (Wildman–Crippen LogP) is -3.00. The minimum Gasteiger partial charge on any atom is -0.508 e. The Morgan fingerprint density at radius 2 is 1.23 bits per heavy atom. The number of amides is 13. The molecule has 580 valence electrons. The number of phenols is 1. The summed E-state index contributed by atoms with van der Waals surface area (Å²) in [4.78, 5) is 225. The molecule has 36 nitrogen and oxygen atoms in total. The molecule has 2 aromatic rings. The van der Waals surface area contributed by atoms with E-state index in [0.29, 0.717) is 11.3 Å². The van der Waals surface area contributed by atoms with Crippen molar-refractivity contribution in [2.24, 2.45) is 28.3 Å². The minimum atomic E-state index is -1.94. The topological polar surface area (TPSA) is 557 Å². The van der Waals surface area contributed by atoms with Crippen molar-refractivity contribution in [1.29, 1.82) is 0 Å². The van der Waals surface area contributed by atoms with Crippen LogP contribution in [0.25, 0.3) is 0 Å². The summed E-state index contributed by atoms with van der Waals surface area (Å²) >= 11 is 1.25. The number of carboxylic acid groups (broad SMARTS) is 2. The number of aliphatic imine (C=N–C) groups is 1. The number of carbonyl (C=O) groups is 15. The van der Waals surface area contributed by atoms with Gasteiger partial charge in [-0.1, -0.05) is 104 Å². The molecule has 13 amide bonds. The Kier molecular flexibility index (Phi) is 34.7. The molecular formula is C64H96N18O18S5. The lowest BCUT2D eigenvalue weighted by atomic mass is 10.0. The number of fused-ring (bicyclic) bond motifs is 6. The van der Waals surface area contributed by atoms with Crippen LogP contribution < -0.4 is 75.3 Å². The molecule has 3 saturated heterocycles. The number of imidazole rings is 1. The third-order valence-corrected chi connectivity index (χ3v) is 22.5. The number of aromatic nitrogens is 2. The highest BCUT2D eigenvalue weighted by atomic mass is 33.1. The van der Waals surface area contributed by atoms with Crippen LogP contribution in [0, 0.1) is 11.8 Å². The number of rotatable bonds is 18. The number of guanidine groups is 1. The van der Waals surface area contributed by atoms with Gasteiger partial charge in [0.15, 0.2) is 5.96 Å². The van der Waals surface area contributed by atoms with Crippen molar-refractivity contribution in [1.82, 2.24) is 78.7 Å². The zero-order chi connectivity index (χ0) is 78.0. The fourth-order valence-corrected chi connectivity index (χ4v) is 16.2. The highest BCUT2D eigenvalue weighted by molar-refractivity contribution is 8.77. The fourth-order valence-electron chi connectivity index (χ4n) is 10.6. The maximum atomic E-state index is 15.1. The minimum absolute atomic E-state index is 0.0202. The molecule has 3 aliphatic rings. The normalized spacial score (nSPS) is 25.7. The molecule has 13 atom stereocenters. The number of nitrogens with two attached hydrogens (primary N) is 2. The van der Waals surface area contributed by atoms with Crippen LogP contribution >= 0.6 is 54.9 Å². The molecule has 1 aromatic heterocycles. The van der Waals surface area contributed by atoms with E-state index in [-0.39, 0.29) is 74.8 Å². The molecular weight excluding hydrogens is 1470 g/mol. The molecule has 20 N–H and O–H groups in total. The Balaban J connectivity index is 1.67. The van der Waals surface area contributed by atoms with Crippen LogP contribution in [0.2, 0.25) is 0 Å². The zero-order valence-corrected chi connectivity index (χ0v) is 63.6. The molecule has 5 rings (SSSR count). The third-order valence-electron chi connectivity index (χ3n) is 16.3. The van der Waals surface area contributed by atoms with Crippen LogP contribution in [0.3, 0.4) is 0 Å². The van der Waals surface area contributed by atoms with Gasteiger partial charge in [0.05, 0.1) is 12.7 Å². The highest BCUT2D eigenvalue weighted by Gasteiger charge is 2.43. The van der Waals surface area contributed by atoms with Crippen molar-refractivity contribution in [2.45, 2.75) is 191 Å². The second-order valence-corrected chi connectivity index (χ2v) is 33.7. The molecule has 1 aromatic carbocycles. The van der Waals surface area contributed by atoms with Gasteiger partial charge in [-0.2, -0.15) is 11.8 Å². The van der Waals surface area contributed by atoms with Gasteiger partial charge in [-0.05, 0) is 62.1 Å². The summed E-state index contributed by atoms with van der Waals surface area (Å²) in [6.07, 6.45) is 1.40. The van der Waals surface area contributed by atoms with E-state index in [9.17, 15) is 82.4 Å². The van der Waals surface area contributed by atoms with Crippen molar-refractivity contribution in [2.75, 3.05) is 41.9 Å². The molecule has 105 heavy (non-hydrogen) atoms. The van der Waals surface area contributed by atoms with E-state index in [1.807, 2.05) is 20.8 Å². The fraction of sp³-hybridized carbons (Fsp3) is 0.609. The largest absolute Gasteiger partial charge is 0.508 e. The van der Waals surface area contributed by atoms with E-state index in [2.05, 4.69) is 78.8 Å². The highest BCUT2D eigenvalue weighted by Crippen LogP contribution is 2.28. The first-order chi connectivity index (χ1) is 49.4. The summed E-state index contributed by atoms with van der Waals surface area (Å²) in [5.74, 6) is -19.1. The number of aromatic amines is 1. The Labute approximate surface area is 626 Å². The SMILES string of the molecule is CC(=O)N[C@@H](Cc1ccc(O)cc1)C(=O)N[C@H]1CSSC[C@@H](C(=O)O)NC(=O)[C@H](C)NC(=O)[C@H](CCCN=C(N)N)NC(=O)[C@H](C(C)C)NC(=O)[C@H](CSC(C)(C)C)NC(=O)[C@@H]2CSSC[C@H](NC(=O)C(C(C)C)NC1=O)C(=O)NC(CC(=O)O)C(=O)N[C@@H](Cc1cnc[nH]1)C(=O)N1CCC[C@H]1C(=O)N2. The second-order valence-electron chi connectivity index (χ2n) is 26.7. The first kappa shape index (κ1) is 86.9. The quantitative estimate of drug-likeness (QED) is 0.0306. The number of thioether (sulfide) groups is 1. The summed E-state index contributed by atoms with van der Waals surface area (Å²) in [5, 5.41) is 61.5. The number of nitrogens with one attached hydrogen (secondary N) is 13. The average Bonchev–Trinajstić information content (AvgIpc) is 1.71. The van der Waals surface area contributed by atoms with E-state index < -0.39 is 208 Å². The number of benzene rings is 1. The van der Waals surface area contributed by atoms with Crippen LogP contribution in [0.1, 0.15) is 106 Å². The molecule has 3 fully saturated rings. The average molecular weight is 1570 g/mol. The van der Waals surface area contributed by atoms with Crippen molar-refractivity contribution in [3.63, 3.8) is 0 Å². The molecule has 41 heteroatoms. The summed E-state index contributed by atoms with van der Waals surface area (Å²) < 4.78 is -0.551. The molecule has 0 aliphatic carbocycles. The van der Waals surface area contributed by atoms with Crippen LogP contribution in [0.5, 0.6) is 5.75 Å².